The van der Waals surface area contributed by atoms with E-state index in [0.717, 1.165) is 26.0 Å². The largest absolute Gasteiger partial charge is 0.460 e. The molecule has 0 aliphatic heterocycles. The highest BCUT2D eigenvalue weighted by Crippen LogP contribution is 2.31. The van der Waals surface area contributed by atoms with Gasteiger partial charge in [0.15, 0.2) is 0 Å². The maximum absolute atomic E-state index is 9.17. The molecule has 2 aromatic rings. The van der Waals surface area contributed by atoms with E-state index in [1.807, 2.05) is 30.3 Å². The first-order valence-electron chi connectivity index (χ1n) is 5.99. The van der Waals surface area contributed by atoms with Gasteiger partial charge in [0.05, 0.1) is 12.6 Å². The highest BCUT2D eigenvalue weighted by molar-refractivity contribution is 9.11. The molecule has 0 radical (unpaired) electrons. The van der Waals surface area contributed by atoms with Crippen LogP contribution >= 0.6 is 31.9 Å². The summed E-state index contributed by atoms with van der Waals surface area (Å²) in [5, 5.41) is 12.3. The Balaban J connectivity index is 2.08. The fourth-order valence-corrected chi connectivity index (χ4v) is 2.95. The fourth-order valence-electron chi connectivity index (χ4n) is 1.71. The Morgan fingerprint density at radius 3 is 2.74 bits per heavy atom. The molecule has 2 N–H and O–H groups in total. The van der Waals surface area contributed by atoms with Gasteiger partial charge in [-0.3, -0.25) is 0 Å². The van der Waals surface area contributed by atoms with Crippen LogP contribution in [-0.4, -0.2) is 17.8 Å². The average Bonchev–Trinajstić information content (AvgIpc) is 2.77. The fraction of sp³-hybridized carbons (Fsp3) is 0.286. The van der Waals surface area contributed by atoms with Gasteiger partial charge in [0.25, 0.3) is 0 Å². The summed E-state index contributed by atoms with van der Waals surface area (Å²) in [7, 11) is 0. The second-order valence-electron chi connectivity index (χ2n) is 4.37. The van der Waals surface area contributed by atoms with Gasteiger partial charge in [-0.05, 0) is 53.2 Å². The second-order valence-corrected chi connectivity index (χ2v) is 6.14. The molecular formula is C14H15Br2NO2. The minimum atomic E-state index is -0.352. The maximum Gasteiger partial charge on any atom is 0.135 e. The van der Waals surface area contributed by atoms with Gasteiger partial charge in [-0.2, -0.15) is 0 Å². The molecule has 102 valence electrons. The zero-order valence-electron chi connectivity index (χ0n) is 10.5. The van der Waals surface area contributed by atoms with Gasteiger partial charge < -0.3 is 14.8 Å². The molecule has 1 aromatic carbocycles. The monoisotopic (exact) mass is 387 g/mol. The van der Waals surface area contributed by atoms with Crippen molar-refractivity contribution < 1.29 is 9.52 Å². The van der Waals surface area contributed by atoms with Crippen molar-refractivity contribution in [2.45, 2.75) is 19.6 Å². The van der Waals surface area contributed by atoms with E-state index in [1.165, 1.54) is 0 Å². The predicted octanol–water partition coefficient (Wildman–Crippen LogP) is 3.94. The molecule has 0 saturated heterocycles. The first-order valence-corrected chi connectivity index (χ1v) is 7.58. The highest BCUT2D eigenvalue weighted by Gasteiger charge is 2.08. The zero-order chi connectivity index (χ0) is 13.8. The molecule has 0 bridgehead atoms. The van der Waals surface area contributed by atoms with Crippen LogP contribution in [-0.2, 0) is 6.54 Å². The third-order valence-electron chi connectivity index (χ3n) is 2.60. The quantitative estimate of drug-likeness (QED) is 0.815. The number of nitrogens with one attached hydrogen (secondary N) is 1. The lowest BCUT2D eigenvalue weighted by Gasteiger charge is -2.05. The van der Waals surface area contributed by atoms with Gasteiger partial charge in [0, 0.05) is 21.1 Å². The topological polar surface area (TPSA) is 45.4 Å². The minimum Gasteiger partial charge on any atom is -0.460 e. The van der Waals surface area contributed by atoms with E-state index in [1.54, 1.807) is 6.92 Å². The van der Waals surface area contributed by atoms with Gasteiger partial charge in [-0.15, -0.1) is 0 Å². The Bertz CT molecular complexity index is 552. The lowest BCUT2D eigenvalue weighted by Crippen LogP contribution is -2.23. The van der Waals surface area contributed by atoms with Crippen molar-refractivity contribution in [1.82, 2.24) is 5.32 Å². The summed E-state index contributed by atoms with van der Waals surface area (Å²) in [6.45, 7) is 2.91. The summed E-state index contributed by atoms with van der Waals surface area (Å²) in [4.78, 5) is 0. The number of aliphatic hydroxyl groups is 1. The van der Waals surface area contributed by atoms with E-state index < -0.39 is 0 Å². The summed E-state index contributed by atoms with van der Waals surface area (Å²) in [5.41, 5.74) is 1.02. The molecule has 1 unspecified atom stereocenters. The van der Waals surface area contributed by atoms with Crippen LogP contribution in [0, 0.1) is 0 Å². The third-order valence-corrected chi connectivity index (χ3v) is 3.75. The number of furan rings is 1. The SMILES string of the molecule is CC(O)CNCc1ccc(-c2ccc(Br)cc2Br)o1. The molecular weight excluding hydrogens is 374 g/mol. The Kier molecular flexibility index (Phi) is 5.21. The average molecular weight is 389 g/mol. The highest BCUT2D eigenvalue weighted by atomic mass is 79.9. The Morgan fingerprint density at radius 2 is 2.05 bits per heavy atom. The third kappa shape index (κ3) is 4.18. The second kappa shape index (κ2) is 6.70. The van der Waals surface area contributed by atoms with E-state index in [0.29, 0.717) is 13.1 Å². The van der Waals surface area contributed by atoms with Crippen LogP contribution in [0.15, 0.2) is 43.7 Å². The van der Waals surface area contributed by atoms with Crippen molar-refractivity contribution >= 4 is 31.9 Å². The Hall–Kier alpha value is -0.620. The summed E-state index contributed by atoms with van der Waals surface area (Å²) in [6.07, 6.45) is -0.352. The van der Waals surface area contributed by atoms with Gasteiger partial charge in [-0.25, -0.2) is 0 Å². The molecule has 1 aromatic heterocycles. The number of hydrogen-bond acceptors (Lipinski definition) is 3. The summed E-state index contributed by atoms with van der Waals surface area (Å²) < 4.78 is 7.79. The van der Waals surface area contributed by atoms with Crippen LogP contribution in [0.1, 0.15) is 12.7 Å². The molecule has 0 amide bonds. The van der Waals surface area contributed by atoms with Crippen molar-refractivity contribution in [3.05, 3.63) is 45.0 Å². The van der Waals surface area contributed by atoms with E-state index in [2.05, 4.69) is 37.2 Å². The number of benzene rings is 1. The smallest absolute Gasteiger partial charge is 0.135 e. The van der Waals surface area contributed by atoms with Gasteiger partial charge >= 0.3 is 0 Å². The predicted molar refractivity (Wildman–Crippen MR) is 82.9 cm³/mol. The number of rotatable bonds is 5. The molecule has 0 aliphatic carbocycles. The van der Waals surface area contributed by atoms with Crippen LogP contribution in [0.25, 0.3) is 11.3 Å². The number of aliphatic hydroxyl groups excluding tert-OH is 1. The van der Waals surface area contributed by atoms with Crippen LogP contribution in [0.5, 0.6) is 0 Å². The molecule has 19 heavy (non-hydrogen) atoms. The number of hydrogen-bond donors (Lipinski definition) is 2. The maximum atomic E-state index is 9.17. The van der Waals surface area contributed by atoms with Gasteiger partial charge in [0.1, 0.15) is 11.5 Å². The molecule has 0 spiro atoms. The number of halogens is 2. The van der Waals surface area contributed by atoms with E-state index in [9.17, 15) is 5.11 Å². The molecule has 0 aliphatic rings. The summed E-state index contributed by atoms with van der Waals surface area (Å²) >= 11 is 6.95. The van der Waals surface area contributed by atoms with Crippen LogP contribution in [0.2, 0.25) is 0 Å². The van der Waals surface area contributed by atoms with E-state index in [4.69, 9.17) is 4.42 Å². The first-order chi connectivity index (χ1) is 9.06. The van der Waals surface area contributed by atoms with E-state index >= 15 is 0 Å². The molecule has 5 heteroatoms. The van der Waals surface area contributed by atoms with Crippen molar-refractivity contribution in [2.24, 2.45) is 0 Å². The summed E-state index contributed by atoms with van der Waals surface area (Å²) in [6, 6.07) is 9.86. The van der Waals surface area contributed by atoms with Crippen LogP contribution in [0.4, 0.5) is 0 Å². The van der Waals surface area contributed by atoms with Crippen molar-refractivity contribution in [1.29, 1.82) is 0 Å². The molecule has 1 atom stereocenters. The molecule has 3 nitrogen and oxygen atoms in total. The molecule has 1 heterocycles. The van der Waals surface area contributed by atoms with Gasteiger partial charge in [0.2, 0.25) is 0 Å². The van der Waals surface area contributed by atoms with Crippen LogP contribution in [0.3, 0.4) is 0 Å². The van der Waals surface area contributed by atoms with E-state index in [-0.39, 0.29) is 6.10 Å². The standard InChI is InChI=1S/C14H15Br2NO2/c1-9(18)7-17-8-11-3-5-14(19-11)12-4-2-10(15)6-13(12)16/h2-6,9,17-18H,7-8H2,1H3. The first kappa shape index (κ1) is 14.8. The molecule has 0 saturated carbocycles. The van der Waals surface area contributed by atoms with Crippen molar-refractivity contribution in [3.63, 3.8) is 0 Å². The zero-order valence-corrected chi connectivity index (χ0v) is 13.7. The lowest BCUT2D eigenvalue weighted by atomic mass is 10.2. The molecule has 0 fully saturated rings. The van der Waals surface area contributed by atoms with Gasteiger partial charge in [-0.1, -0.05) is 15.9 Å². The summed E-state index contributed by atoms with van der Waals surface area (Å²) in [5.74, 6) is 1.68. The lowest BCUT2D eigenvalue weighted by molar-refractivity contribution is 0.190. The van der Waals surface area contributed by atoms with Crippen molar-refractivity contribution in [3.8, 4) is 11.3 Å². The Morgan fingerprint density at radius 1 is 1.26 bits per heavy atom. The van der Waals surface area contributed by atoms with Crippen molar-refractivity contribution in [2.75, 3.05) is 6.54 Å². The van der Waals surface area contributed by atoms with Crippen LogP contribution < -0.4 is 5.32 Å². The minimum absolute atomic E-state index is 0.352. The normalized spacial score (nSPS) is 12.6. The Labute approximate surface area is 129 Å². The molecule has 2 rings (SSSR count).